The van der Waals surface area contributed by atoms with Crippen LogP contribution in [0.5, 0.6) is 0 Å². The maximum atomic E-state index is 12.2. The predicted octanol–water partition coefficient (Wildman–Crippen LogP) is 1.75. The van der Waals surface area contributed by atoms with Crippen LogP contribution in [-0.4, -0.2) is 35.8 Å². The van der Waals surface area contributed by atoms with Crippen LogP contribution in [0.4, 0.5) is 5.69 Å². The average Bonchev–Trinajstić information content (AvgIpc) is 2.88. The summed E-state index contributed by atoms with van der Waals surface area (Å²) in [6, 6.07) is 7.31. The van der Waals surface area contributed by atoms with Crippen molar-refractivity contribution in [2.75, 3.05) is 18.8 Å². The van der Waals surface area contributed by atoms with Gasteiger partial charge in [-0.1, -0.05) is 19.1 Å². The zero-order valence-electron chi connectivity index (χ0n) is 12.9. The van der Waals surface area contributed by atoms with Crippen LogP contribution < -0.4 is 11.1 Å². The van der Waals surface area contributed by atoms with Gasteiger partial charge in [-0.25, -0.2) is 0 Å². The average molecular weight is 326 g/mol. The molecule has 2 amide bonds. The second-order valence-electron chi connectivity index (χ2n) is 5.40. The minimum absolute atomic E-state index is 0. The molecule has 0 saturated carbocycles. The molecule has 122 valence electrons. The van der Waals surface area contributed by atoms with E-state index in [4.69, 9.17) is 5.73 Å². The van der Waals surface area contributed by atoms with Crippen molar-refractivity contribution in [3.63, 3.8) is 0 Å². The molecule has 1 aliphatic rings. The summed E-state index contributed by atoms with van der Waals surface area (Å²) < 4.78 is 0. The van der Waals surface area contributed by atoms with Crippen LogP contribution in [0.1, 0.15) is 31.7 Å². The highest BCUT2D eigenvalue weighted by Crippen LogP contribution is 2.15. The molecule has 1 aliphatic heterocycles. The van der Waals surface area contributed by atoms with Crippen molar-refractivity contribution in [3.05, 3.63) is 29.8 Å². The van der Waals surface area contributed by atoms with Gasteiger partial charge in [-0.05, 0) is 37.0 Å². The summed E-state index contributed by atoms with van der Waals surface area (Å²) >= 11 is 0. The number of hydrogen-bond acceptors (Lipinski definition) is 3. The van der Waals surface area contributed by atoms with Gasteiger partial charge in [-0.15, -0.1) is 12.4 Å². The highest BCUT2D eigenvalue weighted by molar-refractivity contribution is 5.88. The fraction of sp³-hybridized carbons (Fsp3) is 0.500. The Labute approximate surface area is 137 Å². The minimum atomic E-state index is -0.327. The largest absolute Gasteiger partial charge is 0.399 e. The van der Waals surface area contributed by atoms with E-state index in [1.54, 1.807) is 4.90 Å². The molecule has 1 aromatic rings. The van der Waals surface area contributed by atoms with Gasteiger partial charge in [0.05, 0.1) is 0 Å². The lowest BCUT2D eigenvalue weighted by Gasteiger charge is -2.25. The third kappa shape index (κ3) is 4.63. The normalized spacial score (nSPS) is 15.3. The highest BCUT2D eigenvalue weighted by atomic mass is 35.5. The van der Waals surface area contributed by atoms with Crippen LogP contribution in [-0.2, 0) is 16.0 Å². The second kappa shape index (κ2) is 8.63. The molecule has 22 heavy (non-hydrogen) atoms. The number of carbonyl (C=O) groups excluding carboxylic acids is 2. The van der Waals surface area contributed by atoms with Crippen molar-refractivity contribution in [1.82, 2.24) is 10.2 Å². The molecule has 1 heterocycles. The number of halogens is 1. The van der Waals surface area contributed by atoms with E-state index < -0.39 is 0 Å². The molecule has 0 spiro atoms. The van der Waals surface area contributed by atoms with E-state index in [2.05, 4.69) is 5.32 Å². The minimum Gasteiger partial charge on any atom is -0.399 e. The fourth-order valence-corrected chi connectivity index (χ4v) is 2.68. The van der Waals surface area contributed by atoms with E-state index in [1.807, 2.05) is 31.2 Å². The Balaban J connectivity index is 0.00000242. The summed E-state index contributed by atoms with van der Waals surface area (Å²) in [4.78, 5) is 25.7. The van der Waals surface area contributed by atoms with Crippen LogP contribution in [0.25, 0.3) is 0 Å². The molecule has 5 nitrogen and oxygen atoms in total. The van der Waals surface area contributed by atoms with Gasteiger partial charge in [0.2, 0.25) is 11.8 Å². The van der Waals surface area contributed by atoms with E-state index in [-0.39, 0.29) is 30.3 Å². The Morgan fingerprint density at radius 1 is 1.36 bits per heavy atom. The monoisotopic (exact) mass is 325 g/mol. The first-order valence-corrected chi connectivity index (χ1v) is 7.53. The fourth-order valence-electron chi connectivity index (χ4n) is 2.68. The van der Waals surface area contributed by atoms with Crippen molar-refractivity contribution in [1.29, 1.82) is 0 Å². The molecule has 3 N–H and O–H groups in total. The van der Waals surface area contributed by atoms with Gasteiger partial charge in [-0.3, -0.25) is 9.59 Å². The topological polar surface area (TPSA) is 75.4 Å². The summed E-state index contributed by atoms with van der Waals surface area (Å²) in [5.41, 5.74) is 7.51. The Kier molecular flexibility index (Phi) is 7.18. The number of rotatable bonds is 6. The summed E-state index contributed by atoms with van der Waals surface area (Å²) in [7, 11) is 0. The molecule has 1 atom stereocenters. The molecular formula is C16H24ClN3O2. The Hall–Kier alpha value is -1.75. The molecular weight excluding hydrogens is 302 g/mol. The van der Waals surface area contributed by atoms with Gasteiger partial charge >= 0.3 is 0 Å². The SMILES string of the molecule is CCC(C(=O)NCCc1ccc(N)cc1)N1CCCC1=O.Cl. The first-order valence-electron chi connectivity index (χ1n) is 7.53. The van der Waals surface area contributed by atoms with E-state index in [0.29, 0.717) is 25.9 Å². The molecule has 6 heteroatoms. The number of anilines is 1. The van der Waals surface area contributed by atoms with Crippen LogP contribution >= 0.6 is 12.4 Å². The number of benzene rings is 1. The number of carbonyl (C=O) groups is 2. The van der Waals surface area contributed by atoms with Gasteiger partial charge in [0.15, 0.2) is 0 Å². The predicted molar refractivity (Wildman–Crippen MR) is 89.8 cm³/mol. The maximum absolute atomic E-state index is 12.2. The lowest BCUT2D eigenvalue weighted by molar-refractivity contribution is -0.137. The number of nitrogens with one attached hydrogen (secondary N) is 1. The third-order valence-electron chi connectivity index (χ3n) is 3.87. The number of nitrogen functional groups attached to an aromatic ring is 1. The third-order valence-corrected chi connectivity index (χ3v) is 3.87. The summed E-state index contributed by atoms with van der Waals surface area (Å²) in [5.74, 6) is 0.0405. The molecule has 1 fully saturated rings. The molecule has 1 saturated heterocycles. The molecule has 2 rings (SSSR count). The molecule has 0 aliphatic carbocycles. The molecule has 1 unspecified atom stereocenters. The first kappa shape index (κ1) is 18.3. The van der Waals surface area contributed by atoms with Gasteiger partial charge < -0.3 is 16.0 Å². The number of likely N-dealkylation sites (tertiary alicyclic amines) is 1. The lowest BCUT2D eigenvalue weighted by atomic mass is 10.1. The van der Waals surface area contributed by atoms with Crippen LogP contribution in [0.15, 0.2) is 24.3 Å². The summed E-state index contributed by atoms with van der Waals surface area (Å²) in [5, 5.41) is 2.93. The van der Waals surface area contributed by atoms with Crippen molar-refractivity contribution >= 4 is 29.9 Å². The van der Waals surface area contributed by atoms with Gasteiger partial charge in [0, 0.05) is 25.2 Å². The van der Waals surface area contributed by atoms with E-state index >= 15 is 0 Å². The highest BCUT2D eigenvalue weighted by Gasteiger charge is 2.31. The number of nitrogens with zero attached hydrogens (tertiary/aromatic N) is 1. The van der Waals surface area contributed by atoms with Crippen molar-refractivity contribution < 1.29 is 9.59 Å². The summed E-state index contributed by atoms with van der Waals surface area (Å²) in [6.45, 7) is 3.21. The number of amides is 2. The van der Waals surface area contributed by atoms with E-state index in [9.17, 15) is 9.59 Å². The zero-order valence-corrected chi connectivity index (χ0v) is 13.7. The maximum Gasteiger partial charge on any atom is 0.242 e. The van der Waals surface area contributed by atoms with Crippen LogP contribution in [0, 0.1) is 0 Å². The van der Waals surface area contributed by atoms with Crippen molar-refractivity contribution in [2.24, 2.45) is 0 Å². The molecule has 0 bridgehead atoms. The summed E-state index contributed by atoms with van der Waals surface area (Å²) in [6.07, 6.45) is 2.83. The van der Waals surface area contributed by atoms with Crippen LogP contribution in [0.2, 0.25) is 0 Å². The lowest BCUT2D eigenvalue weighted by Crippen LogP contribution is -2.47. The Bertz CT molecular complexity index is 505. The van der Waals surface area contributed by atoms with E-state index in [1.165, 1.54) is 0 Å². The van der Waals surface area contributed by atoms with Gasteiger partial charge in [0.25, 0.3) is 0 Å². The zero-order chi connectivity index (χ0) is 15.2. The number of hydrogen-bond donors (Lipinski definition) is 2. The Morgan fingerprint density at radius 2 is 2.05 bits per heavy atom. The number of nitrogens with two attached hydrogens (primary N) is 1. The van der Waals surface area contributed by atoms with E-state index in [0.717, 1.165) is 24.1 Å². The van der Waals surface area contributed by atoms with Gasteiger partial charge in [0.1, 0.15) is 6.04 Å². The van der Waals surface area contributed by atoms with Gasteiger partial charge in [-0.2, -0.15) is 0 Å². The molecule has 1 aromatic carbocycles. The quantitative estimate of drug-likeness (QED) is 0.782. The van der Waals surface area contributed by atoms with Crippen molar-refractivity contribution in [2.45, 2.75) is 38.6 Å². The Morgan fingerprint density at radius 3 is 2.59 bits per heavy atom. The van der Waals surface area contributed by atoms with Crippen molar-refractivity contribution in [3.8, 4) is 0 Å². The standard InChI is InChI=1S/C16H23N3O2.ClH/c1-2-14(19-11-3-4-15(19)20)16(21)18-10-9-12-5-7-13(17)8-6-12;/h5-8,14H,2-4,9-11,17H2,1H3,(H,18,21);1H. The molecule has 0 radical (unpaired) electrons. The molecule has 0 aromatic heterocycles. The van der Waals surface area contributed by atoms with Crippen LogP contribution in [0.3, 0.4) is 0 Å². The first-order chi connectivity index (χ1) is 10.1. The second-order valence-corrected chi connectivity index (χ2v) is 5.40. The smallest absolute Gasteiger partial charge is 0.242 e.